The monoisotopic (exact) mass is 1120 g/mol. The summed E-state index contributed by atoms with van der Waals surface area (Å²) in [5.74, 6) is 2.60. The molecule has 3 aromatic carbocycles. The highest BCUT2D eigenvalue weighted by molar-refractivity contribution is 5.75. The van der Waals surface area contributed by atoms with Crippen molar-refractivity contribution in [3.63, 3.8) is 0 Å². The van der Waals surface area contributed by atoms with Crippen LogP contribution in [0.25, 0.3) is 0 Å². The third kappa shape index (κ3) is 20.2. The molecule has 0 bridgehead atoms. The van der Waals surface area contributed by atoms with Crippen molar-refractivity contribution in [2.24, 2.45) is 71.0 Å². The van der Waals surface area contributed by atoms with Crippen LogP contribution >= 0.6 is 0 Å². The summed E-state index contributed by atoms with van der Waals surface area (Å²) in [7, 11) is 0. The largest absolute Gasteiger partial charge is 0.426 e. The molecule has 0 heterocycles. The van der Waals surface area contributed by atoms with E-state index in [1.165, 1.54) is 191 Å². The number of benzene rings is 3. The molecule has 80 heavy (non-hydrogen) atoms. The van der Waals surface area contributed by atoms with Crippen LogP contribution in [-0.2, 0) is 16.0 Å². The van der Waals surface area contributed by atoms with Crippen molar-refractivity contribution in [1.29, 1.82) is 0 Å². The maximum Gasteiger partial charge on any atom is 0.314 e. The second-order valence-electron chi connectivity index (χ2n) is 26.1. The van der Waals surface area contributed by atoms with Gasteiger partial charge in [0.15, 0.2) is 34.9 Å². The lowest BCUT2D eigenvalue weighted by atomic mass is 9.68. The summed E-state index contributed by atoms with van der Waals surface area (Å²) in [4.78, 5) is 24.7. The summed E-state index contributed by atoms with van der Waals surface area (Å²) in [6, 6.07) is 10.9. The Morgan fingerprint density at radius 1 is 0.350 bits per heavy atom. The number of esters is 2. The molecule has 9 rings (SSSR count). The molecular weight excluding hydrogens is 1020 g/mol. The zero-order valence-electron chi connectivity index (χ0n) is 49.3. The lowest BCUT2D eigenvalue weighted by Gasteiger charge is -2.38. The fourth-order valence-corrected chi connectivity index (χ4v) is 15.6. The quantitative estimate of drug-likeness (QED) is 0.0519. The van der Waals surface area contributed by atoms with Crippen molar-refractivity contribution >= 4 is 11.9 Å². The average Bonchev–Trinajstić information content (AvgIpc) is 3.48. The number of carbonyl (C=O) groups excluding carboxylic acids is 2. The van der Waals surface area contributed by atoms with Crippen LogP contribution in [0.2, 0.25) is 0 Å². The molecule has 0 amide bonds. The van der Waals surface area contributed by atoms with Crippen LogP contribution in [-0.4, -0.2) is 11.9 Å². The molecule has 6 aliphatic rings. The summed E-state index contributed by atoms with van der Waals surface area (Å²) in [6.45, 7) is 6.83. The minimum Gasteiger partial charge on any atom is -0.426 e. The van der Waals surface area contributed by atoms with Gasteiger partial charge in [-0.05, 0) is 223 Å². The van der Waals surface area contributed by atoms with E-state index in [4.69, 9.17) is 9.47 Å². The van der Waals surface area contributed by atoms with Gasteiger partial charge in [0.05, 0.1) is 11.8 Å². The number of halogens is 6. The van der Waals surface area contributed by atoms with Crippen LogP contribution in [0.1, 0.15) is 245 Å². The number of rotatable bonds is 19. The van der Waals surface area contributed by atoms with E-state index in [0.717, 1.165) is 141 Å². The second kappa shape index (κ2) is 33.5. The van der Waals surface area contributed by atoms with E-state index in [9.17, 15) is 35.9 Å². The van der Waals surface area contributed by atoms with Crippen LogP contribution in [0.3, 0.4) is 0 Å². The Morgan fingerprint density at radius 3 is 0.988 bits per heavy atom. The first-order valence-corrected chi connectivity index (χ1v) is 32.6. The van der Waals surface area contributed by atoms with Gasteiger partial charge in [0.2, 0.25) is 0 Å². The number of ether oxygens (including phenoxy) is 2. The molecule has 446 valence electrons. The molecule has 0 aliphatic heterocycles. The Bertz CT molecular complexity index is 2270. The van der Waals surface area contributed by atoms with Crippen LogP contribution < -0.4 is 9.47 Å². The Hall–Kier alpha value is -3.82. The van der Waals surface area contributed by atoms with E-state index in [-0.39, 0.29) is 35.3 Å². The van der Waals surface area contributed by atoms with Crippen molar-refractivity contribution in [3.8, 4) is 11.5 Å². The van der Waals surface area contributed by atoms with E-state index >= 15 is 0 Å². The summed E-state index contributed by atoms with van der Waals surface area (Å²) in [5, 5.41) is 0. The fraction of sp³-hybridized carbons (Fsp3) is 0.714. The topological polar surface area (TPSA) is 52.6 Å². The van der Waals surface area contributed by atoms with Gasteiger partial charge in [-0.15, -0.1) is 0 Å². The van der Waals surface area contributed by atoms with Crippen molar-refractivity contribution < 1.29 is 45.4 Å². The Kier molecular flexibility index (Phi) is 26.7. The highest BCUT2D eigenvalue weighted by atomic mass is 19.2. The van der Waals surface area contributed by atoms with Crippen LogP contribution in [0.4, 0.5) is 26.3 Å². The number of carbonyl (C=O) groups is 2. The zero-order valence-corrected chi connectivity index (χ0v) is 49.3. The summed E-state index contributed by atoms with van der Waals surface area (Å²) >= 11 is 0. The van der Waals surface area contributed by atoms with E-state index in [1.807, 2.05) is 0 Å². The van der Waals surface area contributed by atoms with Crippen molar-refractivity contribution in [2.45, 2.75) is 245 Å². The molecule has 6 fully saturated rings. The Morgan fingerprint density at radius 2 is 0.662 bits per heavy atom. The van der Waals surface area contributed by atoms with Crippen LogP contribution in [0.15, 0.2) is 54.6 Å². The maximum absolute atomic E-state index is 13.4. The second-order valence-corrected chi connectivity index (χ2v) is 26.1. The molecule has 6 saturated carbocycles. The summed E-state index contributed by atoms with van der Waals surface area (Å²) in [6.07, 6.45) is 44.4. The first-order chi connectivity index (χ1) is 38.8. The lowest BCUT2D eigenvalue weighted by molar-refractivity contribution is -0.141. The van der Waals surface area contributed by atoms with Crippen LogP contribution in [0, 0.1) is 106 Å². The zero-order chi connectivity index (χ0) is 56.8. The lowest BCUT2D eigenvalue weighted by Crippen LogP contribution is -2.30. The highest BCUT2D eigenvalue weighted by Crippen LogP contribution is 2.46. The molecule has 4 nitrogen and oxygen atoms in total. The van der Waals surface area contributed by atoms with Crippen molar-refractivity contribution in [2.75, 3.05) is 0 Å². The third-order valence-corrected chi connectivity index (χ3v) is 20.6. The Labute approximate surface area is 478 Å². The maximum atomic E-state index is 13.4. The summed E-state index contributed by atoms with van der Waals surface area (Å²) < 4.78 is 89.5. The van der Waals surface area contributed by atoms with E-state index in [1.54, 1.807) is 6.07 Å². The van der Waals surface area contributed by atoms with Gasteiger partial charge in [-0.25, -0.2) is 26.3 Å². The predicted octanol–water partition coefficient (Wildman–Crippen LogP) is 21.0. The fourth-order valence-electron chi connectivity index (χ4n) is 15.6. The number of unbranched alkanes of at least 4 members (excludes halogenated alkanes) is 4. The van der Waals surface area contributed by atoms with Gasteiger partial charge in [0, 0.05) is 12.1 Å². The van der Waals surface area contributed by atoms with Crippen LogP contribution in [0.5, 0.6) is 11.5 Å². The van der Waals surface area contributed by atoms with E-state index < -0.39 is 34.9 Å². The van der Waals surface area contributed by atoms with Crippen molar-refractivity contribution in [3.05, 3.63) is 95.1 Å². The van der Waals surface area contributed by atoms with Gasteiger partial charge in [-0.1, -0.05) is 130 Å². The van der Waals surface area contributed by atoms with Gasteiger partial charge in [-0.2, -0.15) is 0 Å². The smallest absolute Gasteiger partial charge is 0.314 e. The predicted molar refractivity (Wildman–Crippen MR) is 310 cm³/mol. The van der Waals surface area contributed by atoms with Crippen molar-refractivity contribution in [1.82, 2.24) is 0 Å². The molecule has 0 radical (unpaired) electrons. The van der Waals surface area contributed by atoms with Gasteiger partial charge in [0.25, 0.3) is 0 Å². The number of hydrogen-bond acceptors (Lipinski definition) is 4. The first kappa shape index (κ1) is 63.8. The average molecular weight is 1120 g/mol. The van der Waals surface area contributed by atoms with Gasteiger partial charge >= 0.3 is 11.9 Å². The normalized spacial score (nSPS) is 29.0. The molecule has 0 N–H and O–H groups in total. The summed E-state index contributed by atoms with van der Waals surface area (Å²) in [5.41, 5.74) is 0.958. The molecule has 0 unspecified atom stereocenters. The van der Waals surface area contributed by atoms with E-state index in [0.29, 0.717) is 5.92 Å². The molecule has 6 aliphatic carbocycles. The first-order valence-electron chi connectivity index (χ1n) is 32.6. The SMILES string of the molecule is CCCC1CCC(C2CCC(C(=O)Oc3ccc(F)c(F)c3)CC2)CC1.CCCCCC1CCC(C2CCC(C(=O)Oc3ccc(F)c(F)c3)CC2)CC1.CCCCCC1CCC(C2CCC(Cc3ccc(F)c(F)c3)CC2)CC1. The minimum atomic E-state index is -0.988. The molecule has 0 saturated heterocycles. The van der Waals surface area contributed by atoms with Gasteiger partial charge in [0.1, 0.15) is 11.5 Å². The molecular formula is C70H100F6O4. The molecule has 3 aromatic rings. The molecule has 0 aromatic heterocycles. The molecule has 0 spiro atoms. The standard InChI is InChI=1S/C24H34F2O2.C24H36F2.C22H30F2O2/c1-2-3-4-5-17-6-8-18(9-7-17)19-10-12-20(13-11-19)24(27)28-21-14-15-22(25)23(26)16-21;1-2-3-4-5-18-6-11-21(12-7-18)22-13-8-19(9-14-22)16-20-10-15-23(25)24(26)17-20;1-2-3-15-4-6-16(7-5-15)17-8-10-18(11-9-17)22(25)26-19-12-13-20(23)21(24)14-19/h14-20H,2-13H2,1H3;10,15,17-19,21-22H,2-9,11-14,16H2,1H3;12-18H,2-11H2,1H3. The minimum absolute atomic E-state index is 0.0882. The highest BCUT2D eigenvalue weighted by Gasteiger charge is 2.36. The molecule has 0 atom stereocenters. The third-order valence-electron chi connectivity index (χ3n) is 20.6. The number of hydrogen-bond donors (Lipinski definition) is 0. The van der Waals surface area contributed by atoms with Gasteiger partial charge in [-0.3, -0.25) is 9.59 Å². The Balaban J connectivity index is 0.000000174. The van der Waals surface area contributed by atoms with E-state index in [2.05, 4.69) is 20.8 Å². The van der Waals surface area contributed by atoms with Gasteiger partial charge < -0.3 is 9.47 Å². The molecule has 10 heteroatoms.